The number of aliphatic hydroxyl groups is 1. The molecule has 0 saturated carbocycles. The van der Waals surface area contributed by atoms with Crippen molar-refractivity contribution < 1.29 is 24.5 Å². The quantitative estimate of drug-likeness (QED) is 0.678. The number of β-amino-alcohol motifs (C(OH)–C–C–N with tert-alkyl or cyclic N) is 1. The predicted octanol–water partition coefficient (Wildman–Crippen LogP) is -0.539. The minimum absolute atomic E-state index is 0.0633. The van der Waals surface area contributed by atoms with Gasteiger partial charge >= 0.3 is 5.97 Å². The molecule has 0 radical (unpaired) electrons. The van der Waals surface area contributed by atoms with E-state index in [-0.39, 0.29) is 25.5 Å². The fraction of sp³-hybridized carbons (Fsp3) is 0.800. The average Bonchev–Trinajstić information content (AvgIpc) is 2.25. The van der Waals surface area contributed by atoms with Gasteiger partial charge in [0.25, 0.3) is 0 Å². The van der Waals surface area contributed by atoms with Crippen LogP contribution in [0.2, 0.25) is 0 Å². The number of aliphatic carboxylic acids is 1. The SMILES string of the molecule is CCOCC(=O)N1CCCC(O)(C(=O)O)C1. The van der Waals surface area contributed by atoms with E-state index in [1.807, 2.05) is 0 Å². The number of likely N-dealkylation sites (tertiary alicyclic amines) is 1. The second-order valence-electron chi connectivity index (χ2n) is 3.89. The van der Waals surface area contributed by atoms with Gasteiger partial charge in [-0.2, -0.15) is 0 Å². The van der Waals surface area contributed by atoms with E-state index in [2.05, 4.69) is 0 Å². The zero-order chi connectivity index (χ0) is 12.2. The van der Waals surface area contributed by atoms with Gasteiger partial charge in [0.05, 0.1) is 6.54 Å². The lowest BCUT2D eigenvalue weighted by Crippen LogP contribution is -2.55. The van der Waals surface area contributed by atoms with E-state index in [0.29, 0.717) is 19.6 Å². The molecule has 1 saturated heterocycles. The Labute approximate surface area is 93.8 Å². The molecule has 0 spiro atoms. The number of nitrogens with zero attached hydrogens (tertiary/aromatic N) is 1. The summed E-state index contributed by atoms with van der Waals surface area (Å²) in [6.07, 6.45) is 0.668. The van der Waals surface area contributed by atoms with Gasteiger partial charge in [-0.25, -0.2) is 4.79 Å². The molecule has 0 aromatic carbocycles. The summed E-state index contributed by atoms with van der Waals surface area (Å²) in [5.41, 5.74) is -1.81. The van der Waals surface area contributed by atoms with Gasteiger partial charge in [0.1, 0.15) is 6.61 Å². The molecule has 1 atom stereocenters. The van der Waals surface area contributed by atoms with Crippen LogP contribution in [0.1, 0.15) is 19.8 Å². The van der Waals surface area contributed by atoms with Gasteiger partial charge in [-0.1, -0.05) is 0 Å². The lowest BCUT2D eigenvalue weighted by molar-refractivity contribution is -0.167. The summed E-state index contributed by atoms with van der Waals surface area (Å²) >= 11 is 0. The van der Waals surface area contributed by atoms with Crippen molar-refractivity contribution in [2.24, 2.45) is 0 Å². The largest absolute Gasteiger partial charge is 0.479 e. The molecule has 1 fully saturated rings. The Morgan fingerprint density at radius 3 is 2.75 bits per heavy atom. The molecule has 2 N–H and O–H groups in total. The Kier molecular flexibility index (Phi) is 4.26. The maximum absolute atomic E-state index is 11.6. The number of carbonyl (C=O) groups excluding carboxylic acids is 1. The highest BCUT2D eigenvalue weighted by molar-refractivity contribution is 5.81. The maximum Gasteiger partial charge on any atom is 0.337 e. The monoisotopic (exact) mass is 231 g/mol. The second-order valence-corrected chi connectivity index (χ2v) is 3.89. The Morgan fingerprint density at radius 2 is 2.19 bits per heavy atom. The van der Waals surface area contributed by atoms with Crippen LogP contribution in [0.15, 0.2) is 0 Å². The van der Waals surface area contributed by atoms with Crippen molar-refractivity contribution in [3.05, 3.63) is 0 Å². The van der Waals surface area contributed by atoms with E-state index in [1.54, 1.807) is 6.92 Å². The molecule has 6 heteroatoms. The van der Waals surface area contributed by atoms with Crippen LogP contribution in [-0.2, 0) is 14.3 Å². The summed E-state index contributed by atoms with van der Waals surface area (Å²) in [5.74, 6) is -1.55. The molecule has 1 unspecified atom stereocenters. The number of hydrogen-bond donors (Lipinski definition) is 2. The standard InChI is InChI=1S/C10H17NO5/c1-2-16-6-8(12)11-5-3-4-10(15,7-11)9(13)14/h15H,2-7H2,1H3,(H,13,14). The van der Waals surface area contributed by atoms with Crippen LogP contribution in [0.25, 0.3) is 0 Å². The first-order valence-electron chi connectivity index (χ1n) is 5.31. The van der Waals surface area contributed by atoms with E-state index in [1.165, 1.54) is 4.90 Å². The van der Waals surface area contributed by atoms with Crippen molar-refractivity contribution in [2.45, 2.75) is 25.4 Å². The minimum Gasteiger partial charge on any atom is -0.479 e. The zero-order valence-electron chi connectivity index (χ0n) is 9.31. The predicted molar refractivity (Wildman–Crippen MR) is 54.9 cm³/mol. The van der Waals surface area contributed by atoms with Gasteiger partial charge in [0.15, 0.2) is 5.60 Å². The van der Waals surface area contributed by atoms with Crippen LogP contribution in [0.5, 0.6) is 0 Å². The fourth-order valence-corrected chi connectivity index (χ4v) is 1.70. The zero-order valence-corrected chi connectivity index (χ0v) is 9.31. The first-order chi connectivity index (χ1) is 7.49. The van der Waals surface area contributed by atoms with Crippen molar-refractivity contribution >= 4 is 11.9 Å². The van der Waals surface area contributed by atoms with E-state index in [4.69, 9.17) is 9.84 Å². The fourth-order valence-electron chi connectivity index (χ4n) is 1.70. The van der Waals surface area contributed by atoms with E-state index in [0.717, 1.165) is 0 Å². The Morgan fingerprint density at radius 1 is 1.50 bits per heavy atom. The van der Waals surface area contributed by atoms with Gasteiger partial charge in [0, 0.05) is 13.2 Å². The van der Waals surface area contributed by atoms with Gasteiger partial charge in [-0.05, 0) is 19.8 Å². The molecule has 0 bridgehead atoms. The highest BCUT2D eigenvalue weighted by Gasteiger charge is 2.41. The van der Waals surface area contributed by atoms with Crippen LogP contribution < -0.4 is 0 Å². The highest BCUT2D eigenvalue weighted by Crippen LogP contribution is 2.21. The average molecular weight is 231 g/mol. The molecule has 0 aromatic heterocycles. The molecule has 92 valence electrons. The third-order valence-electron chi connectivity index (χ3n) is 2.65. The summed E-state index contributed by atoms with van der Waals surface area (Å²) in [4.78, 5) is 23.7. The molecule has 0 aliphatic carbocycles. The first-order valence-corrected chi connectivity index (χ1v) is 5.31. The summed E-state index contributed by atoms with van der Waals surface area (Å²) in [5, 5.41) is 18.6. The summed E-state index contributed by atoms with van der Waals surface area (Å²) in [6.45, 7) is 2.46. The van der Waals surface area contributed by atoms with Crippen molar-refractivity contribution in [3.63, 3.8) is 0 Å². The second kappa shape index (κ2) is 5.27. The van der Waals surface area contributed by atoms with Crippen molar-refractivity contribution in [2.75, 3.05) is 26.3 Å². The van der Waals surface area contributed by atoms with Crippen molar-refractivity contribution in [1.29, 1.82) is 0 Å². The van der Waals surface area contributed by atoms with Gasteiger partial charge < -0.3 is 19.8 Å². The third-order valence-corrected chi connectivity index (χ3v) is 2.65. The molecule has 1 aliphatic rings. The molecule has 1 rings (SSSR count). The van der Waals surface area contributed by atoms with Crippen LogP contribution in [0.3, 0.4) is 0 Å². The van der Waals surface area contributed by atoms with E-state index < -0.39 is 11.6 Å². The lowest BCUT2D eigenvalue weighted by atomic mass is 9.93. The Balaban J connectivity index is 2.56. The van der Waals surface area contributed by atoms with Crippen LogP contribution in [0, 0.1) is 0 Å². The number of amides is 1. The number of carbonyl (C=O) groups is 2. The molecular weight excluding hydrogens is 214 g/mol. The van der Waals surface area contributed by atoms with Crippen LogP contribution in [-0.4, -0.2) is 58.9 Å². The smallest absolute Gasteiger partial charge is 0.337 e. The molecular formula is C10H17NO5. The number of carboxylic acids is 1. The van der Waals surface area contributed by atoms with Gasteiger partial charge in [-0.15, -0.1) is 0 Å². The topological polar surface area (TPSA) is 87.1 Å². The number of rotatable bonds is 4. The van der Waals surface area contributed by atoms with E-state index in [9.17, 15) is 14.7 Å². The molecule has 0 aromatic rings. The number of ether oxygens (including phenoxy) is 1. The molecule has 6 nitrogen and oxygen atoms in total. The maximum atomic E-state index is 11.6. The van der Waals surface area contributed by atoms with Crippen LogP contribution >= 0.6 is 0 Å². The normalized spacial score (nSPS) is 25.5. The van der Waals surface area contributed by atoms with Crippen molar-refractivity contribution in [1.82, 2.24) is 4.90 Å². The number of hydrogen-bond acceptors (Lipinski definition) is 4. The van der Waals surface area contributed by atoms with Crippen LogP contribution in [0.4, 0.5) is 0 Å². The molecule has 16 heavy (non-hydrogen) atoms. The van der Waals surface area contributed by atoms with Gasteiger partial charge in [-0.3, -0.25) is 4.79 Å². The summed E-state index contributed by atoms with van der Waals surface area (Å²) in [7, 11) is 0. The third kappa shape index (κ3) is 2.93. The first kappa shape index (κ1) is 12.9. The summed E-state index contributed by atoms with van der Waals surface area (Å²) < 4.78 is 4.96. The van der Waals surface area contributed by atoms with Gasteiger partial charge in [0.2, 0.25) is 5.91 Å². The Bertz CT molecular complexity index is 280. The van der Waals surface area contributed by atoms with E-state index >= 15 is 0 Å². The Hall–Kier alpha value is -1.14. The lowest BCUT2D eigenvalue weighted by Gasteiger charge is -2.36. The molecule has 1 aliphatic heterocycles. The minimum atomic E-state index is -1.81. The summed E-state index contributed by atoms with van der Waals surface area (Å²) in [6, 6.07) is 0. The molecule has 1 amide bonds. The number of piperidine rings is 1. The number of carboxylic acid groups (broad SMARTS) is 1. The highest BCUT2D eigenvalue weighted by atomic mass is 16.5. The van der Waals surface area contributed by atoms with Crippen molar-refractivity contribution in [3.8, 4) is 0 Å². The molecule has 1 heterocycles.